The molecule has 1 amide bonds. The lowest BCUT2D eigenvalue weighted by atomic mass is 10.2. The summed E-state index contributed by atoms with van der Waals surface area (Å²) >= 11 is 1.75. The number of likely N-dealkylation sites (tertiary alicyclic amines) is 1. The zero-order valence-corrected chi connectivity index (χ0v) is 19.1. The summed E-state index contributed by atoms with van der Waals surface area (Å²) in [7, 11) is 1.68. The molecule has 3 rings (SSSR count). The van der Waals surface area contributed by atoms with Gasteiger partial charge in [-0.2, -0.15) is 0 Å². The number of carbonyl (C=O) groups excluding carboxylic acids is 1. The number of rotatable bonds is 7. The average Bonchev–Trinajstić information content (AvgIpc) is 3.41. The average molecular weight is 429 g/mol. The summed E-state index contributed by atoms with van der Waals surface area (Å²) in [5, 5.41) is 6.82. The van der Waals surface area contributed by atoms with Crippen molar-refractivity contribution in [3.8, 4) is 16.2 Å². The smallest absolute Gasteiger partial charge is 0.225 e. The molecule has 0 aliphatic carbocycles. The van der Waals surface area contributed by atoms with E-state index in [9.17, 15) is 4.79 Å². The Morgan fingerprint density at radius 3 is 2.70 bits per heavy atom. The molecule has 1 atom stereocenters. The first-order valence-electron chi connectivity index (χ1n) is 10.6. The van der Waals surface area contributed by atoms with Crippen molar-refractivity contribution in [3.63, 3.8) is 0 Å². The monoisotopic (exact) mass is 428 g/mol. The third-order valence-electron chi connectivity index (χ3n) is 5.11. The summed E-state index contributed by atoms with van der Waals surface area (Å²) in [6, 6.07) is 12.6. The first-order valence-corrected chi connectivity index (χ1v) is 11.4. The highest BCUT2D eigenvalue weighted by molar-refractivity contribution is 7.15. The fourth-order valence-electron chi connectivity index (χ4n) is 3.49. The summed E-state index contributed by atoms with van der Waals surface area (Å²) in [4.78, 5) is 21.4. The summed E-state index contributed by atoms with van der Waals surface area (Å²) in [6.07, 6.45) is 0.948. The summed E-state index contributed by atoms with van der Waals surface area (Å²) in [5.41, 5.74) is 1.18. The quantitative estimate of drug-likeness (QED) is 0.521. The Kier molecular flexibility index (Phi) is 7.74. The third-order valence-corrected chi connectivity index (χ3v) is 6.23. The minimum absolute atomic E-state index is 0.0457. The van der Waals surface area contributed by atoms with Gasteiger partial charge in [-0.3, -0.25) is 4.79 Å². The first kappa shape index (κ1) is 22.2. The molecule has 1 aromatic carbocycles. The van der Waals surface area contributed by atoms with Gasteiger partial charge < -0.3 is 20.3 Å². The highest BCUT2D eigenvalue weighted by atomic mass is 32.1. The van der Waals surface area contributed by atoms with Crippen LogP contribution in [-0.4, -0.2) is 49.6 Å². The number of thiophene rings is 1. The summed E-state index contributed by atoms with van der Waals surface area (Å²) in [6.45, 7) is 8.94. The number of hydrogen-bond donors (Lipinski definition) is 2. The van der Waals surface area contributed by atoms with Crippen LogP contribution in [0, 0.1) is 5.92 Å². The van der Waals surface area contributed by atoms with Gasteiger partial charge in [-0.05, 0) is 55.3 Å². The maximum atomic E-state index is 12.2. The van der Waals surface area contributed by atoms with Crippen LogP contribution in [0.15, 0.2) is 41.4 Å². The van der Waals surface area contributed by atoms with E-state index >= 15 is 0 Å². The van der Waals surface area contributed by atoms with Crippen molar-refractivity contribution in [2.45, 2.75) is 39.8 Å². The molecule has 2 N–H and O–H groups in total. The third kappa shape index (κ3) is 5.75. The lowest BCUT2D eigenvalue weighted by Gasteiger charge is -2.20. The van der Waals surface area contributed by atoms with Crippen molar-refractivity contribution in [1.82, 2.24) is 15.5 Å². The molecule has 1 aliphatic rings. The summed E-state index contributed by atoms with van der Waals surface area (Å²) in [5.74, 6) is 1.94. The van der Waals surface area contributed by atoms with E-state index in [1.54, 1.807) is 18.4 Å². The normalized spacial score (nSPS) is 16.8. The molecule has 2 aromatic rings. The number of benzene rings is 1. The molecule has 1 unspecified atom stereocenters. The second-order valence-corrected chi connectivity index (χ2v) is 8.93. The van der Waals surface area contributed by atoms with Gasteiger partial charge in [0, 0.05) is 41.3 Å². The Hall–Kier alpha value is -2.54. The van der Waals surface area contributed by atoms with Gasteiger partial charge in [-0.1, -0.05) is 13.8 Å². The van der Waals surface area contributed by atoms with Crippen LogP contribution in [0.5, 0.6) is 5.75 Å². The van der Waals surface area contributed by atoms with Crippen molar-refractivity contribution in [2.24, 2.45) is 10.9 Å². The highest BCUT2D eigenvalue weighted by Gasteiger charge is 2.27. The predicted molar refractivity (Wildman–Crippen MR) is 124 cm³/mol. The minimum atomic E-state index is 0.0457. The van der Waals surface area contributed by atoms with Gasteiger partial charge in [0.2, 0.25) is 5.91 Å². The number of aliphatic imine (C=N–C) groups is 1. The SMILES string of the molecule is CCNC(=NCc1ccc(-c2ccc(OC)cc2)s1)NC1CCN(C(=O)C(C)C)C1. The van der Waals surface area contributed by atoms with E-state index in [4.69, 9.17) is 9.73 Å². The Labute approximate surface area is 183 Å². The van der Waals surface area contributed by atoms with Crippen molar-refractivity contribution in [2.75, 3.05) is 26.7 Å². The van der Waals surface area contributed by atoms with E-state index in [0.29, 0.717) is 6.54 Å². The lowest BCUT2D eigenvalue weighted by Crippen LogP contribution is -2.45. The molecule has 0 spiro atoms. The molecule has 6 nitrogen and oxygen atoms in total. The largest absolute Gasteiger partial charge is 0.497 e. The van der Waals surface area contributed by atoms with Crippen LogP contribution < -0.4 is 15.4 Å². The van der Waals surface area contributed by atoms with E-state index in [2.05, 4.69) is 41.8 Å². The van der Waals surface area contributed by atoms with Crippen LogP contribution in [0.3, 0.4) is 0 Å². The van der Waals surface area contributed by atoms with E-state index < -0.39 is 0 Å². The minimum Gasteiger partial charge on any atom is -0.497 e. The van der Waals surface area contributed by atoms with Crippen molar-refractivity contribution < 1.29 is 9.53 Å². The van der Waals surface area contributed by atoms with Gasteiger partial charge in [0.15, 0.2) is 5.96 Å². The number of hydrogen-bond acceptors (Lipinski definition) is 4. The molecule has 162 valence electrons. The molecule has 1 aromatic heterocycles. The van der Waals surface area contributed by atoms with Crippen LogP contribution in [0.25, 0.3) is 10.4 Å². The maximum Gasteiger partial charge on any atom is 0.225 e. The second kappa shape index (κ2) is 10.5. The fourth-order valence-corrected chi connectivity index (χ4v) is 4.42. The molecule has 1 aliphatic heterocycles. The van der Waals surface area contributed by atoms with Gasteiger partial charge in [0.1, 0.15) is 5.75 Å². The molecule has 1 saturated heterocycles. The van der Waals surface area contributed by atoms with Crippen molar-refractivity contribution >= 4 is 23.2 Å². The zero-order valence-electron chi connectivity index (χ0n) is 18.3. The van der Waals surface area contributed by atoms with Gasteiger partial charge in [-0.25, -0.2) is 4.99 Å². The highest BCUT2D eigenvalue weighted by Crippen LogP contribution is 2.29. The predicted octanol–water partition coefficient (Wildman–Crippen LogP) is 3.74. The fraction of sp³-hybridized carbons (Fsp3) is 0.478. The Morgan fingerprint density at radius 2 is 2.03 bits per heavy atom. The van der Waals surface area contributed by atoms with Crippen LogP contribution in [0.2, 0.25) is 0 Å². The van der Waals surface area contributed by atoms with Crippen molar-refractivity contribution in [3.05, 3.63) is 41.3 Å². The number of amides is 1. The van der Waals surface area contributed by atoms with Gasteiger partial charge in [0.05, 0.1) is 13.7 Å². The Bertz CT molecular complexity index is 860. The molecule has 0 saturated carbocycles. The molecule has 1 fully saturated rings. The molecule has 30 heavy (non-hydrogen) atoms. The summed E-state index contributed by atoms with van der Waals surface area (Å²) < 4.78 is 5.23. The van der Waals surface area contributed by atoms with Crippen LogP contribution >= 0.6 is 11.3 Å². The molecular formula is C23H32N4O2S. The Balaban J connectivity index is 1.60. The molecule has 7 heteroatoms. The van der Waals surface area contributed by atoms with Gasteiger partial charge in [-0.15, -0.1) is 11.3 Å². The molecular weight excluding hydrogens is 396 g/mol. The van der Waals surface area contributed by atoms with Crippen LogP contribution in [-0.2, 0) is 11.3 Å². The van der Waals surface area contributed by atoms with Crippen LogP contribution in [0.1, 0.15) is 32.1 Å². The molecule has 0 radical (unpaired) electrons. The topological polar surface area (TPSA) is 66.0 Å². The number of ether oxygens (including phenoxy) is 1. The van der Waals surface area contributed by atoms with Crippen molar-refractivity contribution in [1.29, 1.82) is 0 Å². The molecule has 0 bridgehead atoms. The number of nitrogens with one attached hydrogen (secondary N) is 2. The van der Waals surface area contributed by atoms with E-state index in [-0.39, 0.29) is 17.9 Å². The number of nitrogens with zero attached hydrogens (tertiary/aromatic N) is 2. The van der Waals surface area contributed by atoms with E-state index in [1.165, 1.54) is 15.3 Å². The second-order valence-electron chi connectivity index (χ2n) is 7.76. The zero-order chi connectivity index (χ0) is 21.5. The van der Waals surface area contributed by atoms with E-state index in [1.807, 2.05) is 30.9 Å². The maximum absolute atomic E-state index is 12.2. The van der Waals surface area contributed by atoms with E-state index in [0.717, 1.165) is 37.8 Å². The number of guanidine groups is 1. The van der Waals surface area contributed by atoms with Crippen LogP contribution in [0.4, 0.5) is 0 Å². The number of carbonyl (C=O) groups is 1. The standard InChI is InChI=1S/C23H32N4O2S/c1-5-24-23(26-18-12-13-27(15-18)22(28)16(2)3)25-14-20-10-11-21(30-20)17-6-8-19(29-4)9-7-17/h6-11,16,18H,5,12-15H2,1-4H3,(H2,24,25,26). The first-order chi connectivity index (χ1) is 14.5. The van der Waals surface area contributed by atoms with Gasteiger partial charge >= 0.3 is 0 Å². The lowest BCUT2D eigenvalue weighted by molar-refractivity contribution is -0.133. The Morgan fingerprint density at radius 1 is 1.27 bits per heavy atom. The number of methoxy groups -OCH3 is 1. The molecule has 2 heterocycles. The van der Waals surface area contributed by atoms with Gasteiger partial charge in [0.25, 0.3) is 0 Å².